The van der Waals surface area contributed by atoms with Gasteiger partial charge in [0, 0.05) is 12.5 Å². The van der Waals surface area contributed by atoms with Crippen molar-refractivity contribution in [1.82, 2.24) is 20.0 Å². The van der Waals surface area contributed by atoms with Crippen LogP contribution in [0, 0.1) is 0 Å². The summed E-state index contributed by atoms with van der Waals surface area (Å²) in [6.45, 7) is 7.03. The van der Waals surface area contributed by atoms with Gasteiger partial charge in [-0.05, 0) is 37.9 Å². The molecule has 1 N–H and O–H groups in total. The third-order valence-electron chi connectivity index (χ3n) is 4.65. The van der Waals surface area contributed by atoms with Gasteiger partial charge in [0.25, 0.3) is 0 Å². The summed E-state index contributed by atoms with van der Waals surface area (Å²) in [5.74, 6) is 1.40. The van der Waals surface area contributed by atoms with E-state index in [4.69, 9.17) is 9.47 Å². The number of hydrogen-bond acceptors (Lipinski definition) is 5. The Kier molecular flexibility index (Phi) is 5.15. The molecule has 0 aliphatic carbocycles. The van der Waals surface area contributed by atoms with Crippen molar-refractivity contribution in [3.8, 4) is 11.5 Å². The molecule has 1 aromatic carbocycles. The Morgan fingerprint density at radius 3 is 2.52 bits per heavy atom. The molecule has 0 saturated heterocycles. The molecule has 7 nitrogen and oxygen atoms in total. The summed E-state index contributed by atoms with van der Waals surface area (Å²) >= 11 is 0. The normalized spacial score (nSPS) is 14.5. The molecular weight excluding hydrogens is 344 g/mol. The summed E-state index contributed by atoms with van der Waals surface area (Å²) in [4.78, 5) is 16.8. The number of aromatic amines is 1. The van der Waals surface area contributed by atoms with Gasteiger partial charge in [-0.15, -0.1) is 0 Å². The first kappa shape index (κ1) is 19.2. The van der Waals surface area contributed by atoms with Crippen LogP contribution in [0.15, 0.2) is 24.3 Å². The molecule has 2 aromatic rings. The number of fused-ring (bicyclic) bond motifs is 1. The number of ether oxygens (including phenoxy) is 2. The zero-order valence-electron chi connectivity index (χ0n) is 16.9. The molecule has 0 saturated carbocycles. The number of aromatic nitrogens is 2. The lowest BCUT2D eigenvalue weighted by Gasteiger charge is -2.28. The first-order valence-corrected chi connectivity index (χ1v) is 9.02. The third-order valence-corrected chi connectivity index (χ3v) is 4.65. The highest BCUT2D eigenvalue weighted by Gasteiger charge is 2.28. The number of amides is 1. The van der Waals surface area contributed by atoms with Gasteiger partial charge in [0.2, 0.25) is 12.7 Å². The standard InChI is InChI=1S/C20H28N4O3/c1-20(2,3)17-10-14(21-22-17)11-24(6)19(25)18(23(4)5)13-7-8-15-16(9-13)27-12-26-15/h7-10,18H,11-12H2,1-6H3,(H,21,22)/t18-/m1/s1. The molecule has 1 amide bonds. The van der Waals surface area contributed by atoms with E-state index in [1.54, 1.807) is 4.90 Å². The Hall–Kier alpha value is -2.54. The molecule has 0 bridgehead atoms. The molecule has 7 heteroatoms. The zero-order chi connectivity index (χ0) is 19.8. The van der Waals surface area contributed by atoms with E-state index in [0.29, 0.717) is 18.0 Å². The van der Waals surface area contributed by atoms with E-state index in [-0.39, 0.29) is 18.1 Å². The summed E-state index contributed by atoms with van der Waals surface area (Å²) in [7, 11) is 5.60. The number of hydrogen-bond donors (Lipinski definition) is 1. The van der Waals surface area contributed by atoms with Crippen LogP contribution >= 0.6 is 0 Å². The third kappa shape index (κ3) is 4.08. The number of H-pyrrole nitrogens is 1. The first-order chi connectivity index (χ1) is 12.7. The van der Waals surface area contributed by atoms with Crippen molar-refractivity contribution < 1.29 is 14.3 Å². The molecule has 0 unspecified atom stereocenters. The second-order valence-corrected chi connectivity index (χ2v) is 8.20. The predicted octanol–water partition coefficient (Wildman–Crippen LogP) is 2.70. The molecule has 1 aliphatic rings. The summed E-state index contributed by atoms with van der Waals surface area (Å²) in [6.07, 6.45) is 0. The fourth-order valence-corrected chi connectivity index (χ4v) is 3.11. The average Bonchev–Trinajstić information content (AvgIpc) is 3.22. The van der Waals surface area contributed by atoms with Gasteiger partial charge in [-0.2, -0.15) is 5.10 Å². The van der Waals surface area contributed by atoms with Crippen molar-refractivity contribution in [1.29, 1.82) is 0 Å². The van der Waals surface area contributed by atoms with E-state index in [1.165, 1.54) is 0 Å². The molecule has 0 fully saturated rings. The van der Waals surface area contributed by atoms with Crippen molar-refractivity contribution in [3.63, 3.8) is 0 Å². The van der Waals surface area contributed by atoms with Crippen molar-refractivity contribution in [2.24, 2.45) is 0 Å². The lowest BCUT2D eigenvalue weighted by molar-refractivity contribution is -0.135. The lowest BCUT2D eigenvalue weighted by atomic mass is 9.92. The van der Waals surface area contributed by atoms with Gasteiger partial charge in [-0.25, -0.2) is 0 Å². The minimum Gasteiger partial charge on any atom is -0.454 e. The molecule has 3 rings (SSSR count). The second-order valence-electron chi connectivity index (χ2n) is 8.20. The second kappa shape index (κ2) is 7.23. The Balaban J connectivity index is 1.77. The molecule has 27 heavy (non-hydrogen) atoms. The molecule has 1 aromatic heterocycles. The van der Waals surface area contributed by atoms with E-state index >= 15 is 0 Å². The summed E-state index contributed by atoms with van der Waals surface area (Å²) < 4.78 is 10.8. The summed E-state index contributed by atoms with van der Waals surface area (Å²) in [5.41, 5.74) is 2.74. The van der Waals surface area contributed by atoms with Crippen molar-refractivity contribution in [2.45, 2.75) is 38.8 Å². The maximum absolute atomic E-state index is 13.2. The largest absolute Gasteiger partial charge is 0.454 e. The number of nitrogens with zero attached hydrogens (tertiary/aromatic N) is 3. The highest BCUT2D eigenvalue weighted by Crippen LogP contribution is 2.35. The van der Waals surface area contributed by atoms with Gasteiger partial charge in [0.1, 0.15) is 6.04 Å². The monoisotopic (exact) mass is 372 g/mol. The van der Waals surface area contributed by atoms with Crippen LogP contribution in [-0.4, -0.2) is 53.8 Å². The molecule has 0 radical (unpaired) electrons. The quantitative estimate of drug-likeness (QED) is 0.874. The number of carbonyl (C=O) groups is 1. The van der Waals surface area contributed by atoms with E-state index < -0.39 is 6.04 Å². The fourth-order valence-electron chi connectivity index (χ4n) is 3.11. The zero-order valence-corrected chi connectivity index (χ0v) is 16.9. The van der Waals surface area contributed by atoms with E-state index in [2.05, 4.69) is 31.0 Å². The van der Waals surface area contributed by atoms with Crippen LogP contribution in [0.5, 0.6) is 11.5 Å². The Labute approximate surface area is 160 Å². The smallest absolute Gasteiger partial charge is 0.244 e. The molecule has 0 spiro atoms. The van der Waals surface area contributed by atoms with Crippen molar-refractivity contribution >= 4 is 5.91 Å². The lowest BCUT2D eigenvalue weighted by Crippen LogP contribution is -2.38. The Morgan fingerprint density at radius 2 is 1.89 bits per heavy atom. The highest BCUT2D eigenvalue weighted by atomic mass is 16.7. The molecule has 1 aliphatic heterocycles. The highest BCUT2D eigenvalue weighted by molar-refractivity contribution is 5.83. The number of likely N-dealkylation sites (N-methyl/N-ethyl adjacent to an activating group) is 2. The number of rotatable bonds is 5. The molecule has 1 atom stereocenters. The van der Waals surface area contributed by atoms with E-state index in [9.17, 15) is 4.79 Å². The van der Waals surface area contributed by atoms with Crippen molar-refractivity contribution in [2.75, 3.05) is 27.9 Å². The van der Waals surface area contributed by atoms with Gasteiger partial charge in [-0.1, -0.05) is 26.8 Å². The minimum atomic E-state index is -0.408. The van der Waals surface area contributed by atoms with Crippen LogP contribution < -0.4 is 9.47 Å². The molecular formula is C20H28N4O3. The average molecular weight is 372 g/mol. The number of nitrogens with one attached hydrogen (secondary N) is 1. The van der Waals surface area contributed by atoms with Gasteiger partial charge in [-0.3, -0.25) is 14.8 Å². The maximum atomic E-state index is 13.2. The van der Waals surface area contributed by atoms with Crippen LogP contribution in [-0.2, 0) is 16.8 Å². The van der Waals surface area contributed by atoms with Crippen LogP contribution in [0.2, 0.25) is 0 Å². The maximum Gasteiger partial charge on any atom is 0.244 e. The SMILES string of the molecule is CN(Cc1cc(C(C)(C)C)n[nH]1)C(=O)[C@@H](c1ccc2c(c1)OCO2)N(C)C. The predicted molar refractivity (Wildman–Crippen MR) is 103 cm³/mol. The van der Waals surface area contributed by atoms with E-state index in [1.807, 2.05) is 50.3 Å². The van der Waals surface area contributed by atoms with Crippen molar-refractivity contribution in [3.05, 3.63) is 41.2 Å². The summed E-state index contributed by atoms with van der Waals surface area (Å²) in [6, 6.07) is 7.26. The van der Waals surface area contributed by atoms with Crippen LogP contribution in [0.3, 0.4) is 0 Å². The Bertz CT molecular complexity index is 823. The Morgan fingerprint density at radius 1 is 1.19 bits per heavy atom. The van der Waals surface area contributed by atoms with Gasteiger partial charge in [0.05, 0.1) is 17.9 Å². The van der Waals surface area contributed by atoms with Gasteiger partial charge < -0.3 is 14.4 Å². The molecule has 2 heterocycles. The number of carbonyl (C=O) groups excluding carboxylic acids is 1. The minimum absolute atomic E-state index is 0.00535. The first-order valence-electron chi connectivity index (χ1n) is 9.02. The topological polar surface area (TPSA) is 70.7 Å². The van der Waals surface area contributed by atoms with E-state index in [0.717, 1.165) is 17.0 Å². The summed E-state index contributed by atoms with van der Waals surface area (Å²) in [5, 5.41) is 7.42. The van der Waals surface area contributed by atoms with Crippen LogP contribution in [0.1, 0.15) is 43.8 Å². The van der Waals surface area contributed by atoms with Gasteiger partial charge in [0.15, 0.2) is 11.5 Å². The number of benzene rings is 1. The molecule has 146 valence electrons. The fraction of sp³-hybridized carbons (Fsp3) is 0.500. The van der Waals surface area contributed by atoms with Gasteiger partial charge >= 0.3 is 0 Å². The van der Waals surface area contributed by atoms with Crippen LogP contribution in [0.4, 0.5) is 0 Å². The van der Waals surface area contributed by atoms with Crippen LogP contribution in [0.25, 0.3) is 0 Å².